The predicted molar refractivity (Wildman–Crippen MR) is 45.2 cm³/mol. The minimum atomic E-state index is 0.130. The highest BCUT2D eigenvalue weighted by Gasteiger charge is 2.08. The van der Waals surface area contributed by atoms with E-state index in [0.717, 1.165) is 6.42 Å². The summed E-state index contributed by atoms with van der Waals surface area (Å²) in [4.78, 5) is 4.13. The van der Waals surface area contributed by atoms with E-state index in [0.29, 0.717) is 0 Å². The minimum absolute atomic E-state index is 0.130. The molecule has 0 spiro atoms. The predicted octanol–water partition coefficient (Wildman–Crippen LogP) is 2.56. The fourth-order valence-corrected chi connectivity index (χ4v) is 0.850. The molecular weight excluding hydrogens is 122 g/mol. The van der Waals surface area contributed by atoms with E-state index < -0.39 is 0 Å². The maximum absolute atomic E-state index is 4.13. The summed E-state index contributed by atoms with van der Waals surface area (Å²) in [5.74, 6) is 0. The highest BCUT2D eigenvalue weighted by Crippen LogP contribution is 2.15. The van der Waals surface area contributed by atoms with E-state index in [9.17, 15) is 0 Å². The summed E-state index contributed by atoms with van der Waals surface area (Å²) in [6.45, 7) is 4.29. The van der Waals surface area contributed by atoms with Gasteiger partial charge < -0.3 is 0 Å². The molecule has 0 atom stereocenters. The van der Waals surface area contributed by atoms with E-state index in [-0.39, 0.29) is 5.41 Å². The van der Waals surface area contributed by atoms with Gasteiger partial charge in [0, 0.05) is 17.8 Å². The average Bonchev–Trinajstić information content (AvgIpc) is 1.81. The molecule has 0 saturated heterocycles. The maximum Gasteiger partial charge on any atom is 0.0227 e. The average molecular weight is 135 g/mol. The molecule has 54 valence electrons. The lowest BCUT2D eigenvalue weighted by molar-refractivity contribution is 0.690. The van der Waals surface area contributed by atoms with Crippen molar-refractivity contribution in [2.24, 2.45) is 10.4 Å². The molecule has 0 aromatic heterocycles. The molecule has 0 radical (unpaired) electrons. The first-order valence-corrected chi connectivity index (χ1v) is 3.58. The highest BCUT2D eigenvalue weighted by atomic mass is 14.7. The van der Waals surface area contributed by atoms with Gasteiger partial charge >= 0.3 is 0 Å². The molecule has 1 aliphatic rings. The van der Waals surface area contributed by atoms with Crippen LogP contribution in [0.25, 0.3) is 0 Å². The molecule has 1 heterocycles. The first-order valence-electron chi connectivity index (χ1n) is 3.58. The topological polar surface area (TPSA) is 12.4 Å². The van der Waals surface area contributed by atoms with Crippen molar-refractivity contribution < 1.29 is 0 Å². The van der Waals surface area contributed by atoms with Crippen LogP contribution in [0.3, 0.4) is 0 Å². The molecule has 0 bridgehead atoms. The van der Waals surface area contributed by atoms with Crippen molar-refractivity contribution in [1.82, 2.24) is 0 Å². The van der Waals surface area contributed by atoms with Crippen molar-refractivity contribution in [1.29, 1.82) is 0 Å². The van der Waals surface area contributed by atoms with Gasteiger partial charge in [-0.25, -0.2) is 0 Å². The number of aliphatic imine (C=N–C) groups is 1. The van der Waals surface area contributed by atoms with E-state index in [1.54, 1.807) is 0 Å². The van der Waals surface area contributed by atoms with Gasteiger partial charge in [-0.2, -0.15) is 0 Å². The summed E-state index contributed by atoms with van der Waals surface area (Å²) in [7, 11) is 0. The molecule has 1 aliphatic heterocycles. The Hall–Kier alpha value is -0.850. The van der Waals surface area contributed by atoms with Crippen LogP contribution in [0.4, 0.5) is 0 Å². The molecule has 1 rings (SSSR count). The third-order valence-electron chi connectivity index (χ3n) is 1.42. The van der Waals surface area contributed by atoms with Crippen LogP contribution in [-0.4, -0.2) is 6.21 Å². The first-order chi connectivity index (χ1) is 4.71. The smallest absolute Gasteiger partial charge is 0.0227 e. The van der Waals surface area contributed by atoms with Gasteiger partial charge in [0.1, 0.15) is 0 Å². The number of rotatable bonds is 0. The zero-order chi connectivity index (χ0) is 7.45. The Morgan fingerprint density at radius 1 is 1.30 bits per heavy atom. The standard InChI is InChI=1S/C9H13N/c1-9(2)6-4-3-5-7-10-8-9/h4-8H,3H2,1-2H3. The van der Waals surface area contributed by atoms with Crippen molar-refractivity contribution in [2.45, 2.75) is 20.3 Å². The zero-order valence-electron chi connectivity index (χ0n) is 6.54. The van der Waals surface area contributed by atoms with Crippen LogP contribution in [0.1, 0.15) is 20.3 Å². The molecule has 0 fully saturated rings. The SMILES string of the molecule is CC1(C)C=CCC=CN=C1. The monoisotopic (exact) mass is 135 g/mol. The lowest BCUT2D eigenvalue weighted by Crippen LogP contribution is -2.08. The van der Waals surface area contributed by atoms with Crippen molar-refractivity contribution in [3.8, 4) is 0 Å². The lowest BCUT2D eigenvalue weighted by atomic mass is 9.94. The molecule has 10 heavy (non-hydrogen) atoms. The molecule has 0 aliphatic carbocycles. The summed E-state index contributed by atoms with van der Waals surface area (Å²) >= 11 is 0. The lowest BCUT2D eigenvalue weighted by Gasteiger charge is -2.13. The van der Waals surface area contributed by atoms with Crippen molar-refractivity contribution in [2.75, 3.05) is 0 Å². The van der Waals surface area contributed by atoms with Gasteiger partial charge in [0.2, 0.25) is 0 Å². The van der Waals surface area contributed by atoms with Gasteiger partial charge in [0.15, 0.2) is 0 Å². The summed E-state index contributed by atoms with van der Waals surface area (Å²) in [5, 5.41) is 0. The fraction of sp³-hybridized carbons (Fsp3) is 0.444. The quantitative estimate of drug-likeness (QED) is 0.453. The third kappa shape index (κ3) is 2.18. The Morgan fingerprint density at radius 3 is 2.90 bits per heavy atom. The molecule has 0 saturated carbocycles. The van der Waals surface area contributed by atoms with Crippen molar-refractivity contribution in [3.05, 3.63) is 24.4 Å². The van der Waals surface area contributed by atoms with E-state index in [1.807, 2.05) is 18.5 Å². The third-order valence-corrected chi connectivity index (χ3v) is 1.42. The van der Waals surface area contributed by atoms with Crippen molar-refractivity contribution in [3.63, 3.8) is 0 Å². The Bertz CT molecular complexity index is 185. The maximum atomic E-state index is 4.13. The Labute approximate surface area is 62.2 Å². The molecule has 1 nitrogen and oxygen atoms in total. The van der Waals surface area contributed by atoms with Crippen LogP contribution in [0, 0.1) is 5.41 Å². The summed E-state index contributed by atoms with van der Waals surface area (Å²) in [6.07, 6.45) is 11.2. The number of hydrogen-bond donors (Lipinski definition) is 0. The molecule has 0 N–H and O–H groups in total. The molecule has 1 heteroatoms. The summed E-state index contributed by atoms with van der Waals surface area (Å²) < 4.78 is 0. The van der Waals surface area contributed by atoms with Gasteiger partial charge in [0.25, 0.3) is 0 Å². The second kappa shape index (κ2) is 2.82. The van der Waals surface area contributed by atoms with E-state index in [1.165, 1.54) is 0 Å². The second-order valence-corrected chi connectivity index (χ2v) is 3.12. The van der Waals surface area contributed by atoms with Crippen LogP contribution in [0.15, 0.2) is 29.4 Å². The van der Waals surface area contributed by atoms with Gasteiger partial charge in [-0.1, -0.05) is 32.1 Å². The number of nitrogens with zero attached hydrogens (tertiary/aromatic N) is 1. The Morgan fingerprint density at radius 2 is 2.10 bits per heavy atom. The molecule has 0 amide bonds. The van der Waals surface area contributed by atoms with E-state index in [4.69, 9.17) is 0 Å². The van der Waals surface area contributed by atoms with Crippen LogP contribution in [-0.2, 0) is 0 Å². The van der Waals surface area contributed by atoms with Gasteiger partial charge in [0.05, 0.1) is 0 Å². The largest absolute Gasteiger partial charge is 0.269 e. The summed E-state index contributed by atoms with van der Waals surface area (Å²) in [6, 6.07) is 0. The molecule has 0 aromatic carbocycles. The van der Waals surface area contributed by atoms with E-state index in [2.05, 4.69) is 31.0 Å². The van der Waals surface area contributed by atoms with Crippen LogP contribution in [0.2, 0.25) is 0 Å². The Balaban J connectivity index is 2.78. The molecular formula is C9H13N. The van der Waals surface area contributed by atoms with Crippen molar-refractivity contribution >= 4 is 6.21 Å². The Kier molecular flexibility index (Phi) is 2.05. The summed E-state index contributed by atoms with van der Waals surface area (Å²) in [5.41, 5.74) is 0.130. The van der Waals surface area contributed by atoms with Crippen LogP contribution < -0.4 is 0 Å². The highest BCUT2D eigenvalue weighted by molar-refractivity contribution is 5.68. The number of allylic oxidation sites excluding steroid dienone is 3. The molecule has 0 aromatic rings. The van der Waals surface area contributed by atoms with Gasteiger partial charge in [-0.15, -0.1) is 0 Å². The van der Waals surface area contributed by atoms with Crippen LogP contribution in [0.5, 0.6) is 0 Å². The normalized spacial score (nSPS) is 22.2. The number of hydrogen-bond acceptors (Lipinski definition) is 1. The van der Waals surface area contributed by atoms with Crippen LogP contribution >= 0.6 is 0 Å². The first kappa shape index (κ1) is 7.26. The van der Waals surface area contributed by atoms with E-state index >= 15 is 0 Å². The van der Waals surface area contributed by atoms with Gasteiger partial charge in [-0.3, -0.25) is 4.99 Å². The zero-order valence-corrected chi connectivity index (χ0v) is 6.54. The van der Waals surface area contributed by atoms with Gasteiger partial charge in [-0.05, 0) is 6.42 Å². The second-order valence-electron chi connectivity index (χ2n) is 3.12. The minimum Gasteiger partial charge on any atom is -0.269 e. The molecule has 0 unspecified atom stereocenters. The fourth-order valence-electron chi connectivity index (χ4n) is 0.850.